The molecule has 14 nitrogen and oxygen atoms in total. The van der Waals surface area contributed by atoms with Crippen LogP contribution < -0.4 is 30.9 Å². The molecular formula is C58H44N8O6. The molecule has 0 atom stereocenters. The fourth-order valence-electron chi connectivity index (χ4n) is 7.72. The van der Waals surface area contributed by atoms with Gasteiger partial charge in [0.05, 0.1) is 17.1 Å². The van der Waals surface area contributed by atoms with Crippen molar-refractivity contribution in [2.24, 2.45) is 9.98 Å². The van der Waals surface area contributed by atoms with Gasteiger partial charge in [-0.05, 0) is 167 Å². The van der Waals surface area contributed by atoms with Crippen LogP contribution in [0.25, 0.3) is 0 Å². The Hall–Kier alpha value is -10.2. The van der Waals surface area contributed by atoms with Crippen molar-refractivity contribution in [1.82, 2.24) is 0 Å². The standard InChI is InChI=1S/C58H44N8O6/c59-37-72-55-31-15-47(16-32-55)36-45-11-27-53(28-12-45)65-58(71)66(57(70)64-52-25-9-44(10-26-52)34-41-3-19-49(20-4-41)61-39-68)54-29-13-46(14-30-54)35-43-7-23-51(24-8-43)63-56(69)62-50-21-5-42(6-22-50)33-40-1-17-48(18-2-40)60-38-67/h1-32H,33-36H2,(H,64,70)(H,65,71)(H2,62,63,69). The smallest absolute Gasteiger partial charge is 0.334 e. The maximum absolute atomic E-state index is 14.1. The number of rotatable bonds is 16. The predicted molar refractivity (Wildman–Crippen MR) is 278 cm³/mol. The van der Waals surface area contributed by atoms with Crippen molar-refractivity contribution in [1.29, 1.82) is 5.26 Å². The molecule has 8 aromatic rings. The number of imide groups is 1. The summed E-state index contributed by atoms with van der Waals surface area (Å²) in [6.45, 7) is 0. The molecule has 0 saturated carbocycles. The van der Waals surface area contributed by atoms with Crippen LogP contribution in [0.5, 0.6) is 5.75 Å². The highest BCUT2D eigenvalue weighted by Gasteiger charge is 2.24. The van der Waals surface area contributed by atoms with Gasteiger partial charge in [0.15, 0.2) is 0 Å². The van der Waals surface area contributed by atoms with Gasteiger partial charge in [-0.2, -0.15) is 9.98 Å². The average molecular weight is 949 g/mol. The Balaban J connectivity index is 0.897. The second-order valence-electron chi connectivity index (χ2n) is 16.5. The van der Waals surface area contributed by atoms with E-state index in [1.165, 1.54) is 12.2 Å². The number of nitriles is 1. The minimum Gasteiger partial charge on any atom is -0.388 e. The largest absolute Gasteiger partial charge is 0.388 e. The molecule has 0 saturated heterocycles. The van der Waals surface area contributed by atoms with Gasteiger partial charge in [-0.1, -0.05) is 97.1 Å². The molecule has 0 fully saturated rings. The van der Waals surface area contributed by atoms with Gasteiger partial charge >= 0.3 is 18.1 Å². The van der Waals surface area contributed by atoms with E-state index >= 15 is 0 Å². The van der Waals surface area contributed by atoms with Crippen LogP contribution >= 0.6 is 0 Å². The van der Waals surface area contributed by atoms with Gasteiger partial charge < -0.3 is 26.0 Å². The Morgan fingerprint density at radius 3 is 0.986 bits per heavy atom. The van der Waals surface area contributed by atoms with E-state index < -0.39 is 12.1 Å². The number of isocyanates is 2. The predicted octanol–water partition coefficient (Wildman–Crippen LogP) is 12.8. The van der Waals surface area contributed by atoms with Crippen LogP contribution in [-0.4, -0.2) is 30.3 Å². The summed E-state index contributed by atoms with van der Waals surface area (Å²) in [5.74, 6) is 0.458. The summed E-state index contributed by atoms with van der Waals surface area (Å²) in [6.07, 6.45) is 7.18. The Morgan fingerprint density at radius 1 is 0.403 bits per heavy atom. The normalized spacial score (nSPS) is 10.3. The van der Waals surface area contributed by atoms with Gasteiger partial charge in [-0.15, -0.1) is 5.26 Å². The van der Waals surface area contributed by atoms with Crippen LogP contribution in [0.15, 0.2) is 204 Å². The van der Waals surface area contributed by atoms with E-state index in [2.05, 4.69) is 31.3 Å². The first-order chi connectivity index (χ1) is 35.2. The number of hydrogen-bond acceptors (Lipinski definition) is 9. The molecule has 0 aliphatic heterocycles. The lowest BCUT2D eigenvalue weighted by Gasteiger charge is -2.22. The summed E-state index contributed by atoms with van der Waals surface area (Å²) in [4.78, 5) is 70.4. The Labute approximate surface area is 415 Å². The van der Waals surface area contributed by atoms with Crippen molar-refractivity contribution < 1.29 is 28.7 Å². The van der Waals surface area contributed by atoms with Crippen molar-refractivity contribution >= 4 is 70.1 Å². The molecule has 0 aliphatic carbocycles. The number of aliphatic imine (C=N–C) groups is 2. The second kappa shape index (κ2) is 23.7. The van der Waals surface area contributed by atoms with Crippen molar-refractivity contribution in [3.8, 4) is 12.0 Å². The van der Waals surface area contributed by atoms with Crippen LogP contribution in [0.3, 0.4) is 0 Å². The molecule has 72 heavy (non-hydrogen) atoms. The molecule has 8 rings (SSSR count). The fourth-order valence-corrected chi connectivity index (χ4v) is 7.72. The molecule has 0 aromatic heterocycles. The van der Waals surface area contributed by atoms with Gasteiger partial charge in [0.25, 0.3) is 6.26 Å². The number of nitrogens with zero attached hydrogens (tertiary/aromatic N) is 4. The molecule has 0 aliphatic rings. The fraction of sp³-hybridized carbons (Fsp3) is 0.0690. The van der Waals surface area contributed by atoms with Gasteiger partial charge in [0.2, 0.25) is 12.2 Å². The number of nitrogens with one attached hydrogen (secondary N) is 4. The lowest BCUT2D eigenvalue weighted by molar-refractivity contribution is 0.246. The lowest BCUT2D eigenvalue weighted by atomic mass is 10.0. The average Bonchev–Trinajstić information content (AvgIpc) is 3.39. The van der Waals surface area contributed by atoms with E-state index in [0.29, 0.717) is 71.2 Å². The number of ether oxygens (including phenoxy) is 1. The van der Waals surface area contributed by atoms with Gasteiger partial charge in [0.1, 0.15) is 5.75 Å². The third-order valence-electron chi connectivity index (χ3n) is 11.4. The number of amides is 6. The topological polar surface area (TPSA) is 194 Å². The number of anilines is 5. The summed E-state index contributed by atoms with van der Waals surface area (Å²) in [7, 11) is 0. The molecule has 0 heterocycles. The number of benzene rings is 8. The van der Waals surface area contributed by atoms with E-state index in [0.717, 1.165) is 49.4 Å². The lowest BCUT2D eigenvalue weighted by Crippen LogP contribution is -2.42. The number of urea groups is 3. The molecule has 0 radical (unpaired) electrons. The van der Waals surface area contributed by atoms with Crippen LogP contribution in [0, 0.1) is 11.5 Å². The summed E-state index contributed by atoms with van der Waals surface area (Å²) in [5.41, 5.74) is 11.6. The van der Waals surface area contributed by atoms with E-state index in [-0.39, 0.29) is 6.03 Å². The third kappa shape index (κ3) is 13.7. The highest BCUT2D eigenvalue weighted by atomic mass is 16.5. The zero-order valence-electron chi connectivity index (χ0n) is 38.5. The van der Waals surface area contributed by atoms with Crippen molar-refractivity contribution in [3.63, 3.8) is 0 Å². The van der Waals surface area contributed by atoms with Crippen molar-refractivity contribution in [2.75, 3.05) is 26.2 Å². The van der Waals surface area contributed by atoms with Crippen LogP contribution in [0.4, 0.5) is 54.2 Å². The monoisotopic (exact) mass is 948 g/mol. The first kappa shape index (κ1) is 48.3. The van der Waals surface area contributed by atoms with Crippen LogP contribution in [-0.2, 0) is 35.3 Å². The summed E-state index contributed by atoms with van der Waals surface area (Å²) in [5, 5.41) is 20.3. The number of hydrogen-bond donors (Lipinski definition) is 4. The first-order valence-electron chi connectivity index (χ1n) is 22.6. The quantitative estimate of drug-likeness (QED) is 0.0420. The van der Waals surface area contributed by atoms with E-state index in [1.54, 1.807) is 79.1 Å². The SMILES string of the molecule is N#COc1ccc(Cc2ccc(NC(=O)N(C(=O)Nc3ccc(Cc4ccc(N=C=O)cc4)cc3)c3ccc(Cc4ccc(NC(=O)Nc5ccc(Cc6ccc(N=C=O)cc6)cc5)cc4)cc3)cc2)cc1. The molecule has 4 N–H and O–H groups in total. The molecule has 0 bridgehead atoms. The Morgan fingerprint density at radius 2 is 0.681 bits per heavy atom. The Kier molecular flexibility index (Phi) is 15.9. The summed E-state index contributed by atoms with van der Waals surface area (Å²) in [6, 6.07) is 56.9. The van der Waals surface area contributed by atoms with Crippen molar-refractivity contribution in [2.45, 2.75) is 25.7 Å². The van der Waals surface area contributed by atoms with Gasteiger partial charge in [0, 0.05) is 22.7 Å². The van der Waals surface area contributed by atoms with E-state index in [9.17, 15) is 24.0 Å². The maximum atomic E-state index is 14.1. The number of carbonyl (C=O) groups excluding carboxylic acids is 5. The third-order valence-corrected chi connectivity index (χ3v) is 11.4. The molecule has 14 heteroatoms. The van der Waals surface area contributed by atoms with E-state index in [1.807, 2.05) is 121 Å². The highest BCUT2D eigenvalue weighted by molar-refractivity contribution is 6.21. The van der Waals surface area contributed by atoms with Gasteiger partial charge in [-0.25, -0.2) is 28.9 Å². The van der Waals surface area contributed by atoms with E-state index in [4.69, 9.17) is 10.00 Å². The molecule has 352 valence electrons. The highest BCUT2D eigenvalue weighted by Crippen LogP contribution is 2.25. The zero-order chi connectivity index (χ0) is 50.1. The Bertz CT molecular complexity index is 3290. The van der Waals surface area contributed by atoms with Gasteiger partial charge in [-0.3, -0.25) is 0 Å². The second-order valence-corrected chi connectivity index (χ2v) is 16.5. The number of carbonyl (C=O) groups is 3. The molecular weight excluding hydrogens is 905 g/mol. The van der Waals surface area contributed by atoms with Crippen molar-refractivity contribution in [3.05, 3.63) is 239 Å². The molecule has 8 aromatic carbocycles. The summed E-state index contributed by atoms with van der Waals surface area (Å²) >= 11 is 0. The first-order valence-corrected chi connectivity index (χ1v) is 22.6. The van der Waals surface area contributed by atoms with Crippen LogP contribution in [0.2, 0.25) is 0 Å². The molecule has 0 spiro atoms. The molecule has 0 unspecified atom stereocenters. The maximum Gasteiger partial charge on any atom is 0.334 e. The minimum atomic E-state index is -0.671. The molecule has 6 amide bonds. The summed E-state index contributed by atoms with van der Waals surface area (Å²) < 4.78 is 4.87. The minimum absolute atomic E-state index is 0.339. The zero-order valence-corrected chi connectivity index (χ0v) is 38.5. The van der Waals surface area contributed by atoms with Crippen LogP contribution in [0.1, 0.15) is 44.5 Å².